The monoisotopic (exact) mass is 243 g/mol. The highest BCUT2D eigenvalue weighted by Crippen LogP contribution is 2.03. The number of rotatable bonds is 5. The first-order chi connectivity index (χ1) is 8.38. The Bertz CT molecular complexity index is 482. The molecule has 1 heterocycles. The molecule has 4 heteroatoms. The van der Waals surface area contributed by atoms with Crippen LogP contribution in [0.3, 0.4) is 0 Å². The number of thiazole rings is 1. The summed E-state index contributed by atoms with van der Waals surface area (Å²) in [6.45, 7) is 1.75. The SMILES string of the molecule is N#Cc1ccc(CNCCc2cscn2)cc1. The molecule has 86 valence electrons. The molecule has 0 saturated heterocycles. The van der Waals surface area contributed by atoms with Gasteiger partial charge in [-0.1, -0.05) is 12.1 Å². The van der Waals surface area contributed by atoms with E-state index in [0.29, 0.717) is 5.56 Å². The van der Waals surface area contributed by atoms with Gasteiger partial charge >= 0.3 is 0 Å². The van der Waals surface area contributed by atoms with Crippen LogP contribution < -0.4 is 5.32 Å². The Morgan fingerprint density at radius 3 is 2.76 bits per heavy atom. The Morgan fingerprint density at radius 1 is 1.29 bits per heavy atom. The van der Waals surface area contributed by atoms with Gasteiger partial charge in [0.25, 0.3) is 0 Å². The number of nitriles is 1. The second-order valence-corrected chi connectivity index (χ2v) is 4.43. The molecule has 3 nitrogen and oxygen atoms in total. The minimum atomic E-state index is 0.705. The minimum Gasteiger partial charge on any atom is -0.312 e. The van der Waals surface area contributed by atoms with Crippen LogP contribution in [0.5, 0.6) is 0 Å². The molecule has 0 unspecified atom stereocenters. The molecule has 1 N–H and O–H groups in total. The molecule has 1 aromatic carbocycles. The van der Waals surface area contributed by atoms with E-state index in [2.05, 4.69) is 21.8 Å². The van der Waals surface area contributed by atoms with E-state index in [1.54, 1.807) is 11.3 Å². The summed E-state index contributed by atoms with van der Waals surface area (Å²) < 4.78 is 0. The summed E-state index contributed by atoms with van der Waals surface area (Å²) in [5.41, 5.74) is 4.90. The van der Waals surface area contributed by atoms with Crippen LogP contribution >= 0.6 is 11.3 Å². The Balaban J connectivity index is 1.73. The number of nitrogens with zero attached hydrogens (tertiary/aromatic N) is 2. The summed E-state index contributed by atoms with van der Waals surface area (Å²) in [4.78, 5) is 4.23. The molecule has 0 amide bonds. The Morgan fingerprint density at radius 2 is 2.12 bits per heavy atom. The molecular weight excluding hydrogens is 230 g/mol. The van der Waals surface area contributed by atoms with Gasteiger partial charge in [0.05, 0.1) is 22.8 Å². The van der Waals surface area contributed by atoms with Gasteiger partial charge in [0.1, 0.15) is 0 Å². The van der Waals surface area contributed by atoms with E-state index in [1.807, 2.05) is 29.8 Å². The Hall–Kier alpha value is -1.70. The zero-order valence-electron chi connectivity index (χ0n) is 9.39. The number of aromatic nitrogens is 1. The van der Waals surface area contributed by atoms with Crippen LogP contribution in [-0.4, -0.2) is 11.5 Å². The van der Waals surface area contributed by atoms with Crippen LogP contribution in [-0.2, 0) is 13.0 Å². The van der Waals surface area contributed by atoms with Crippen molar-refractivity contribution in [3.05, 3.63) is 52.0 Å². The normalized spacial score (nSPS) is 10.1. The van der Waals surface area contributed by atoms with E-state index >= 15 is 0 Å². The number of hydrogen-bond donors (Lipinski definition) is 1. The third-order valence-electron chi connectivity index (χ3n) is 2.45. The standard InChI is InChI=1S/C13H13N3S/c14-7-11-1-3-12(4-2-11)8-15-6-5-13-9-17-10-16-13/h1-4,9-10,15H,5-6,8H2. The first-order valence-electron chi connectivity index (χ1n) is 5.45. The van der Waals surface area contributed by atoms with Crippen molar-refractivity contribution in [2.45, 2.75) is 13.0 Å². The van der Waals surface area contributed by atoms with Crippen LogP contribution in [0.1, 0.15) is 16.8 Å². The zero-order valence-corrected chi connectivity index (χ0v) is 10.2. The van der Waals surface area contributed by atoms with E-state index < -0.39 is 0 Å². The molecule has 0 spiro atoms. The van der Waals surface area contributed by atoms with Gasteiger partial charge in [0, 0.05) is 24.9 Å². The Kier molecular flexibility index (Phi) is 4.25. The molecule has 0 atom stereocenters. The van der Waals surface area contributed by atoms with E-state index in [-0.39, 0.29) is 0 Å². The molecule has 17 heavy (non-hydrogen) atoms. The predicted octanol–water partition coefficient (Wildman–Crippen LogP) is 2.35. The minimum absolute atomic E-state index is 0.705. The molecule has 2 rings (SSSR count). The highest BCUT2D eigenvalue weighted by atomic mass is 32.1. The highest BCUT2D eigenvalue weighted by molar-refractivity contribution is 7.07. The molecule has 0 radical (unpaired) electrons. The van der Waals surface area contributed by atoms with Crippen LogP contribution in [0.2, 0.25) is 0 Å². The molecule has 0 aliphatic carbocycles. The van der Waals surface area contributed by atoms with Crippen molar-refractivity contribution in [3.8, 4) is 6.07 Å². The number of nitrogens with one attached hydrogen (secondary N) is 1. The van der Waals surface area contributed by atoms with Gasteiger partial charge in [0.2, 0.25) is 0 Å². The van der Waals surface area contributed by atoms with Gasteiger partial charge in [0.15, 0.2) is 0 Å². The lowest BCUT2D eigenvalue weighted by Gasteiger charge is -2.03. The van der Waals surface area contributed by atoms with Gasteiger partial charge < -0.3 is 5.32 Å². The van der Waals surface area contributed by atoms with E-state index in [0.717, 1.165) is 25.2 Å². The van der Waals surface area contributed by atoms with Gasteiger partial charge in [-0.05, 0) is 17.7 Å². The summed E-state index contributed by atoms with van der Waals surface area (Å²) in [7, 11) is 0. The van der Waals surface area contributed by atoms with Crippen LogP contribution in [0.15, 0.2) is 35.2 Å². The lowest BCUT2D eigenvalue weighted by atomic mass is 10.1. The van der Waals surface area contributed by atoms with E-state index in [4.69, 9.17) is 5.26 Å². The molecule has 1 aromatic heterocycles. The third kappa shape index (κ3) is 3.66. The smallest absolute Gasteiger partial charge is 0.0991 e. The van der Waals surface area contributed by atoms with Crippen molar-refractivity contribution in [1.29, 1.82) is 5.26 Å². The van der Waals surface area contributed by atoms with Crippen molar-refractivity contribution >= 4 is 11.3 Å². The van der Waals surface area contributed by atoms with Gasteiger partial charge in [-0.3, -0.25) is 0 Å². The largest absolute Gasteiger partial charge is 0.312 e. The topological polar surface area (TPSA) is 48.7 Å². The fraction of sp³-hybridized carbons (Fsp3) is 0.231. The predicted molar refractivity (Wildman–Crippen MR) is 68.7 cm³/mol. The molecule has 0 bridgehead atoms. The van der Waals surface area contributed by atoms with Crippen LogP contribution in [0.4, 0.5) is 0 Å². The van der Waals surface area contributed by atoms with Crippen molar-refractivity contribution in [2.24, 2.45) is 0 Å². The molecule has 0 saturated carbocycles. The number of hydrogen-bond acceptors (Lipinski definition) is 4. The maximum Gasteiger partial charge on any atom is 0.0991 e. The maximum atomic E-state index is 8.68. The van der Waals surface area contributed by atoms with Crippen molar-refractivity contribution < 1.29 is 0 Å². The van der Waals surface area contributed by atoms with E-state index in [1.165, 1.54) is 5.56 Å². The molecule has 0 aliphatic rings. The fourth-order valence-electron chi connectivity index (χ4n) is 1.51. The van der Waals surface area contributed by atoms with Crippen molar-refractivity contribution in [1.82, 2.24) is 10.3 Å². The number of benzene rings is 1. The van der Waals surface area contributed by atoms with Crippen molar-refractivity contribution in [3.63, 3.8) is 0 Å². The van der Waals surface area contributed by atoms with Crippen LogP contribution in [0, 0.1) is 11.3 Å². The lowest BCUT2D eigenvalue weighted by Crippen LogP contribution is -2.16. The summed E-state index contributed by atoms with van der Waals surface area (Å²) in [6.07, 6.45) is 0.958. The summed E-state index contributed by atoms with van der Waals surface area (Å²) in [6, 6.07) is 9.76. The Labute approximate surface area is 105 Å². The second-order valence-electron chi connectivity index (χ2n) is 3.72. The summed E-state index contributed by atoms with van der Waals surface area (Å²) >= 11 is 1.63. The lowest BCUT2D eigenvalue weighted by molar-refractivity contribution is 0.681. The van der Waals surface area contributed by atoms with Gasteiger partial charge in [-0.15, -0.1) is 11.3 Å². The van der Waals surface area contributed by atoms with Gasteiger partial charge in [-0.25, -0.2) is 4.98 Å². The molecule has 0 fully saturated rings. The van der Waals surface area contributed by atoms with Crippen molar-refractivity contribution in [2.75, 3.05) is 6.54 Å². The summed E-state index contributed by atoms with van der Waals surface area (Å²) in [5, 5.41) is 14.1. The van der Waals surface area contributed by atoms with Crippen LogP contribution in [0.25, 0.3) is 0 Å². The quantitative estimate of drug-likeness (QED) is 0.820. The third-order valence-corrected chi connectivity index (χ3v) is 3.09. The molecular formula is C13H13N3S. The zero-order chi connectivity index (χ0) is 11.9. The van der Waals surface area contributed by atoms with Gasteiger partial charge in [-0.2, -0.15) is 5.26 Å². The second kappa shape index (κ2) is 6.14. The highest BCUT2D eigenvalue weighted by Gasteiger charge is 1.96. The van der Waals surface area contributed by atoms with E-state index in [9.17, 15) is 0 Å². The molecule has 0 aliphatic heterocycles. The average Bonchev–Trinajstić information content (AvgIpc) is 2.88. The maximum absolute atomic E-state index is 8.68. The molecule has 2 aromatic rings. The first kappa shape index (κ1) is 11.8. The fourth-order valence-corrected chi connectivity index (χ4v) is 2.10. The summed E-state index contributed by atoms with van der Waals surface area (Å²) in [5.74, 6) is 0. The average molecular weight is 243 g/mol. The first-order valence-corrected chi connectivity index (χ1v) is 6.39.